The van der Waals surface area contributed by atoms with Gasteiger partial charge in [0.15, 0.2) is 5.75 Å². The molecule has 1 amide bonds. The van der Waals surface area contributed by atoms with Gasteiger partial charge in [0.25, 0.3) is 0 Å². The van der Waals surface area contributed by atoms with Gasteiger partial charge >= 0.3 is 12.1 Å². The van der Waals surface area contributed by atoms with Crippen molar-refractivity contribution in [2.24, 2.45) is 0 Å². The summed E-state index contributed by atoms with van der Waals surface area (Å²) in [6.07, 6.45) is 1.85. The molecule has 2 heterocycles. The Kier molecular flexibility index (Phi) is 7.33. The molecule has 2 aromatic carbocycles. The molecule has 1 N–H and O–H groups in total. The fraction of sp³-hybridized carbons (Fsp3) is 0.286. The number of amides is 1. The van der Waals surface area contributed by atoms with Crippen molar-refractivity contribution < 1.29 is 19.1 Å². The van der Waals surface area contributed by atoms with Gasteiger partial charge in [-0.05, 0) is 43.2 Å². The maximum absolute atomic E-state index is 12.9. The van der Waals surface area contributed by atoms with Crippen LogP contribution in [-0.2, 0) is 21.4 Å². The number of nitrogens with zero attached hydrogens (tertiary/aromatic N) is 3. The molecule has 0 aliphatic heterocycles. The van der Waals surface area contributed by atoms with E-state index in [0.717, 1.165) is 22.3 Å². The van der Waals surface area contributed by atoms with Gasteiger partial charge in [-0.3, -0.25) is 15.1 Å². The van der Waals surface area contributed by atoms with Crippen LogP contribution in [0.2, 0.25) is 0 Å². The van der Waals surface area contributed by atoms with Crippen LogP contribution in [0.4, 0.5) is 10.6 Å². The average Bonchev–Trinajstić information content (AvgIpc) is 3.28. The molecule has 4 rings (SSSR count). The summed E-state index contributed by atoms with van der Waals surface area (Å²) in [7, 11) is 0. The average molecular weight is 487 g/mol. The van der Waals surface area contributed by atoms with Crippen molar-refractivity contribution in [1.82, 2.24) is 14.8 Å². The maximum Gasteiger partial charge on any atom is 0.418 e. The van der Waals surface area contributed by atoms with Crippen molar-refractivity contribution in [2.45, 2.75) is 46.0 Å². The number of hydrogen-bond donors (Lipinski definition) is 1. The predicted octanol–water partition coefficient (Wildman–Crippen LogP) is 5.82. The molecule has 8 nitrogen and oxygen atoms in total. The second-order valence-electron chi connectivity index (χ2n) is 9.40. The molecular weight excluding hydrogens is 456 g/mol. The summed E-state index contributed by atoms with van der Waals surface area (Å²) in [5, 5.41) is 8.49. The van der Waals surface area contributed by atoms with Crippen molar-refractivity contribution >= 4 is 28.8 Å². The second-order valence-corrected chi connectivity index (χ2v) is 9.40. The Balaban J connectivity index is 1.60. The molecule has 0 aliphatic carbocycles. The maximum atomic E-state index is 12.9. The zero-order valence-corrected chi connectivity index (χ0v) is 20.9. The fourth-order valence-corrected chi connectivity index (χ4v) is 3.75. The number of rotatable bonds is 7. The molecule has 186 valence electrons. The highest BCUT2D eigenvalue weighted by atomic mass is 16.6. The fourth-order valence-electron chi connectivity index (χ4n) is 3.75. The Morgan fingerprint density at radius 2 is 1.81 bits per heavy atom. The first-order valence-corrected chi connectivity index (χ1v) is 11.9. The largest absolute Gasteiger partial charge is 0.466 e. The molecule has 0 spiro atoms. The topological polar surface area (TPSA) is 95.3 Å². The van der Waals surface area contributed by atoms with Gasteiger partial charge in [-0.1, -0.05) is 51.1 Å². The number of hydrogen-bond acceptors (Lipinski definition) is 6. The van der Waals surface area contributed by atoms with E-state index in [1.165, 1.54) is 0 Å². The zero-order valence-electron chi connectivity index (χ0n) is 20.9. The molecule has 0 saturated carbocycles. The number of anilines is 1. The summed E-state index contributed by atoms with van der Waals surface area (Å²) in [4.78, 5) is 29.0. The number of fused-ring (bicyclic) bond motifs is 1. The van der Waals surface area contributed by atoms with Crippen LogP contribution in [0, 0.1) is 0 Å². The minimum absolute atomic E-state index is 0.231. The van der Waals surface area contributed by atoms with E-state index < -0.39 is 6.09 Å². The Bertz CT molecular complexity index is 1380. The van der Waals surface area contributed by atoms with Gasteiger partial charge in [0.1, 0.15) is 11.3 Å². The zero-order chi connectivity index (χ0) is 25.7. The molecular formula is C28H30N4O4. The van der Waals surface area contributed by atoms with Crippen LogP contribution in [0.25, 0.3) is 16.6 Å². The minimum Gasteiger partial charge on any atom is -0.466 e. The summed E-state index contributed by atoms with van der Waals surface area (Å²) in [6.45, 7) is 8.32. The number of aryl methyl sites for hydroxylation is 1. The van der Waals surface area contributed by atoms with Crippen LogP contribution in [0.15, 0.2) is 66.9 Å². The molecule has 2 aromatic heterocycles. The Morgan fingerprint density at radius 3 is 2.58 bits per heavy atom. The number of benzene rings is 2. The monoisotopic (exact) mass is 486 g/mol. The minimum atomic E-state index is -0.645. The molecule has 0 unspecified atom stereocenters. The van der Waals surface area contributed by atoms with Gasteiger partial charge in [0, 0.05) is 29.5 Å². The summed E-state index contributed by atoms with van der Waals surface area (Å²) in [6, 6.07) is 18.7. The summed E-state index contributed by atoms with van der Waals surface area (Å²) < 4.78 is 12.3. The first-order valence-electron chi connectivity index (χ1n) is 11.9. The molecule has 0 bridgehead atoms. The Hall–Kier alpha value is -4.20. The summed E-state index contributed by atoms with van der Waals surface area (Å²) in [5.74, 6) is 0.611. The third kappa shape index (κ3) is 5.89. The Morgan fingerprint density at radius 1 is 1.03 bits per heavy atom. The second kappa shape index (κ2) is 10.6. The lowest BCUT2D eigenvalue weighted by Crippen LogP contribution is -2.19. The molecule has 0 fully saturated rings. The summed E-state index contributed by atoms with van der Waals surface area (Å²) in [5.41, 5.74) is 2.89. The lowest BCUT2D eigenvalue weighted by atomic mass is 9.92. The number of aromatic nitrogens is 3. The van der Waals surface area contributed by atoms with Crippen LogP contribution in [0.3, 0.4) is 0 Å². The van der Waals surface area contributed by atoms with Crippen molar-refractivity contribution in [1.29, 1.82) is 0 Å². The number of pyridine rings is 1. The van der Waals surface area contributed by atoms with Gasteiger partial charge in [-0.2, -0.15) is 5.10 Å². The predicted molar refractivity (Wildman–Crippen MR) is 139 cm³/mol. The third-order valence-electron chi connectivity index (χ3n) is 5.58. The Labute approximate surface area is 210 Å². The van der Waals surface area contributed by atoms with E-state index >= 15 is 0 Å². The molecule has 0 atom stereocenters. The summed E-state index contributed by atoms with van der Waals surface area (Å²) >= 11 is 0. The first-order chi connectivity index (χ1) is 17.2. The number of esters is 1. The highest BCUT2D eigenvalue weighted by molar-refractivity contribution is 5.90. The van der Waals surface area contributed by atoms with E-state index in [0.29, 0.717) is 36.5 Å². The van der Waals surface area contributed by atoms with Crippen LogP contribution >= 0.6 is 0 Å². The van der Waals surface area contributed by atoms with Crippen LogP contribution in [0.1, 0.15) is 45.4 Å². The lowest BCUT2D eigenvalue weighted by molar-refractivity contribution is -0.143. The molecule has 8 heteroatoms. The number of nitrogens with one attached hydrogen (secondary N) is 1. The van der Waals surface area contributed by atoms with Gasteiger partial charge in [-0.25, -0.2) is 9.48 Å². The number of carbonyl (C=O) groups is 2. The quantitative estimate of drug-likeness (QED) is 0.331. The van der Waals surface area contributed by atoms with E-state index in [4.69, 9.17) is 14.6 Å². The van der Waals surface area contributed by atoms with Crippen LogP contribution in [-0.4, -0.2) is 33.4 Å². The van der Waals surface area contributed by atoms with Gasteiger partial charge in [-0.15, -0.1) is 0 Å². The van der Waals surface area contributed by atoms with Crippen LogP contribution in [0.5, 0.6) is 5.75 Å². The normalized spacial score (nSPS) is 11.3. The van der Waals surface area contributed by atoms with Crippen molar-refractivity contribution in [2.75, 3.05) is 11.9 Å². The van der Waals surface area contributed by atoms with Gasteiger partial charge < -0.3 is 9.47 Å². The highest BCUT2D eigenvalue weighted by Crippen LogP contribution is 2.28. The SMILES string of the molecule is CCOC(=O)CCc1cccc(-n2nc(C(C)(C)C)cc2NC(=O)Oc2cccc3cccnc23)c1. The third-order valence-corrected chi connectivity index (χ3v) is 5.58. The first kappa shape index (κ1) is 24.9. The molecule has 0 saturated heterocycles. The number of carbonyl (C=O) groups excluding carboxylic acids is 2. The molecule has 0 aliphatic rings. The number of para-hydroxylation sites is 1. The van der Waals surface area contributed by atoms with Crippen molar-refractivity contribution in [3.63, 3.8) is 0 Å². The van der Waals surface area contributed by atoms with Crippen LogP contribution < -0.4 is 10.1 Å². The molecule has 0 radical (unpaired) electrons. The van der Waals surface area contributed by atoms with Gasteiger partial charge in [0.2, 0.25) is 0 Å². The molecule has 4 aromatic rings. The number of ether oxygens (including phenoxy) is 2. The van der Waals surface area contributed by atoms with Gasteiger partial charge in [0.05, 0.1) is 18.0 Å². The van der Waals surface area contributed by atoms with E-state index in [2.05, 4.69) is 31.1 Å². The lowest BCUT2D eigenvalue weighted by Gasteiger charge is -2.14. The van der Waals surface area contributed by atoms with Crippen molar-refractivity contribution in [3.8, 4) is 11.4 Å². The van der Waals surface area contributed by atoms with E-state index in [1.54, 1.807) is 23.9 Å². The highest BCUT2D eigenvalue weighted by Gasteiger charge is 2.22. The van der Waals surface area contributed by atoms with Crippen molar-refractivity contribution in [3.05, 3.63) is 78.1 Å². The van der Waals surface area contributed by atoms with E-state index in [1.807, 2.05) is 54.6 Å². The van der Waals surface area contributed by atoms with E-state index in [-0.39, 0.29) is 11.4 Å². The molecule has 36 heavy (non-hydrogen) atoms. The standard InChI is InChI=1S/C28H30N4O4/c1-5-35-25(33)15-14-19-9-6-12-21(17-19)32-24(18-23(31-32)28(2,3)4)30-27(34)36-22-13-7-10-20-11-8-16-29-26(20)22/h6-13,16-18H,5,14-15H2,1-4H3,(H,30,34). The smallest absolute Gasteiger partial charge is 0.418 e. The van der Waals surface area contributed by atoms with E-state index in [9.17, 15) is 9.59 Å².